The molecule has 2 aromatic carbocycles. The number of ether oxygens (including phenoxy) is 4. The lowest BCUT2D eigenvalue weighted by Crippen LogP contribution is -2.50. The van der Waals surface area contributed by atoms with E-state index in [2.05, 4.69) is 0 Å². The molecule has 28 heavy (non-hydrogen) atoms. The third-order valence-electron chi connectivity index (χ3n) is 6.67. The van der Waals surface area contributed by atoms with E-state index in [0.29, 0.717) is 12.4 Å². The Bertz CT molecular complexity index is 934. The Morgan fingerprint density at radius 1 is 0.964 bits per heavy atom. The van der Waals surface area contributed by atoms with Crippen molar-refractivity contribution >= 4 is 10.8 Å². The van der Waals surface area contributed by atoms with E-state index in [4.69, 9.17) is 18.9 Å². The van der Waals surface area contributed by atoms with Gasteiger partial charge in [-0.05, 0) is 25.3 Å². The van der Waals surface area contributed by atoms with E-state index in [1.165, 1.54) is 0 Å². The van der Waals surface area contributed by atoms with Crippen LogP contribution in [0, 0.1) is 5.41 Å². The Morgan fingerprint density at radius 3 is 2.39 bits per heavy atom. The average Bonchev–Trinajstić information content (AvgIpc) is 2.96. The van der Waals surface area contributed by atoms with Gasteiger partial charge in [0.25, 0.3) is 0 Å². The van der Waals surface area contributed by atoms with Crippen LogP contribution in [0.3, 0.4) is 0 Å². The molecule has 2 N–H and O–H groups in total. The first-order valence-electron chi connectivity index (χ1n) is 9.69. The second kappa shape index (κ2) is 5.46. The number of hydrogen-bond donors (Lipinski definition) is 2. The van der Waals surface area contributed by atoms with Gasteiger partial charge in [0.05, 0.1) is 12.0 Å². The highest BCUT2D eigenvalue weighted by Gasteiger charge is 2.93. The number of benzene rings is 2. The zero-order valence-corrected chi connectivity index (χ0v) is 16.5. The van der Waals surface area contributed by atoms with Gasteiger partial charge in [-0.3, -0.25) is 0 Å². The predicted molar refractivity (Wildman–Crippen MR) is 102 cm³/mol. The SMILES string of the molecule is CC1(C)OC[C@H]([C@H]2O[C@@]3(O)C(C)(C)[C@@]3(O)[C@@H]2Oc2cccc3ccccc23)O1. The zero-order chi connectivity index (χ0) is 19.9. The van der Waals surface area contributed by atoms with E-state index in [1.54, 1.807) is 13.8 Å². The van der Waals surface area contributed by atoms with E-state index in [1.807, 2.05) is 56.3 Å². The first kappa shape index (κ1) is 18.3. The Morgan fingerprint density at radius 2 is 1.68 bits per heavy atom. The Labute approximate surface area is 164 Å². The molecule has 6 nitrogen and oxygen atoms in total. The molecule has 1 aliphatic carbocycles. The monoisotopic (exact) mass is 386 g/mol. The van der Waals surface area contributed by atoms with Gasteiger partial charge in [0.1, 0.15) is 18.0 Å². The molecule has 3 aliphatic rings. The van der Waals surface area contributed by atoms with Crippen LogP contribution in [0.1, 0.15) is 27.7 Å². The average molecular weight is 386 g/mol. The van der Waals surface area contributed by atoms with Crippen LogP contribution in [0.4, 0.5) is 0 Å². The summed E-state index contributed by atoms with van der Waals surface area (Å²) in [7, 11) is 0. The van der Waals surface area contributed by atoms with Crippen LogP contribution in [-0.4, -0.2) is 52.3 Å². The molecule has 2 heterocycles. The quantitative estimate of drug-likeness (QED) is 0.844. The molecular weight excluding hydrogens is 360 g/mol. The van der Waals surface area contributed by atoms with Gasteiger partial charge in [0.15, 0.2) is 17.5 Å². The minimum atomic E-state index is -1.68. The predicted octanol–water partition coefficient (Wildman–Crippen LogP) is 2.60. The Kier molecular flexibility index (Phi) is 3.58. The van der Waals surface area contributed by atoms with Crippen molar-refractivity contribution in [3.05, 3.63) is 42.5 Å². The van der Waals surface area contributed by atoms with Gasteiger partial charge in [-0.25, -0.2) is 0 Å². The van der Waals surface area contributed by atoms with Crippen molar-refractivity contribution in [2.75, 3.05) is 6.61 Å². The van der Waals surface area contributed by atoms with E-state index >= 15 is 0 Å². The van der Waals surface area contributed by atoms with Crippen LogP contribution in [-0.2, 0) is 14.2 Å². The lowest BCUT2D eigenvalue weighted by atomic mass is 9.95. The molecule has 0 aromatic heterocycles. The van der Waals surface area contributed by atoms with Crippen LogP contribution in [0.15, 0.2) is 42.5 Å². The summed E-state index contributed by atoms with van der Waals surface area (Å²) in [4.78, 5) is 0. The van der Waals surface area contributed by atoms with Gasteiger partial charge in [0.2, 0.25) is 5.79 Å². The van der Waals surface area contributed by atoms with Crippen LogP contribution in [0.25, 0.3) is 10.8 Å². The standard InChI is InChI=1S/C22H26O6/c1-19(2)21(23)18(26-15-11-7-9-13-8-5-6-10-14(13)15)17(28-22(19,21)24)16-12-25-20(3,4)27-16/h5-11,16-18,23-24H,12H2,1-4H3/t16-,17-,18-,21+,22+/m1/s1. The van der Waals surface area contributed by atoms with Crippen molar-refractivity contribution in [3.63, 3.8) is 0 Å². The summed E-state index contributed by atoms with van der Waals surface area (Å²) >= 11 is 0. The zero-order valence-electron chi connectivity index (χ0n) is 16.5. The molecule has 5 atom stereocenters. The smallest absolute Gasteiger partial charge is 0.208 e. The minimum absolute atomic E-state index is 0.305. The van der Waals surface area contributed by atoms with Gasteiger partial charge in [-0.15, -0.1) is 0 Å². The molecule has 3 fully saturated rings. The number of rotatable bonds is 3. The van der Waals surface area contributed by atoms with Gasteiger partial charge in [-0.2, -0.15) is 0 Å². The lowest BCUT2D eigenvalue weighted by molar-refractivity contribution is -0.209. The Hall–Kier alpha value is -1.70. The number of hydrogen-bond acceptors (Lipinski definition) is 6. The molecule has 0 spiro atoms. The van der Waals surface area contributed by atoms with Crippen molar-refractivity contribution in [2.45, 2.75) is 63.2 Å². The molecule has 2 saturated heterocycles. The first-order valence-corrected chi connectivity index (χ1v) is 9.69. The number of aliphatic hydroxyl groups is 2. The highest BCUT2D eigenvalue weighted by Crippen LogP contribution is 2.72. The summed E-state index contributed by atoms with van der Waals surface area (Å²) < 4.78 is 24.0. The first-order chi connectivity index (χ1) is 13.1. The van der Waals surface area contributed by atoms with E-state index < -0.39 is 40.9 Å². The van der Waals surface area contributed by atoms with E-state index in [-0.39, 0.29) is 0 Å². The van der Waals surface area contributed by atoms with Gasteiger partial charge >= 0.3 is 0 Å². The van der Waals surface area contributed by atoms with Gasteiger partial charge in [0, 0.05) is 5.39 Å². The third-order valence-corrected chi connectivity index (χ3v) is 6.67. The maximum absolute atomic E-state index is 11.4. The van der Waals surface area contributed by atoms with Crippen molar-refractivity contribution in [3.8, 4) is 5.75 Å². The van der Waals surface area contributed by atoms with Crippen molar-refractivity contribution < 1.29 is 29.2 Å². The lowest BCUT2D eigenvalue weighted by Gasteiger charge is -2.32. The van der Waals surface area contributed by atoms with E-state index in [9.17, 15) is 10.2 Å². The second-order valence-corrected chi connectivity index (χ2v) is 9.00. The topological polar surface area (TPSA) is 77.4 Å². The summed E-state index contributed by atoms with van der Waals surface area (Å²) in [5.74, 6) is -1.79. The fourth-order valence-corrected chi connectivity index (χ4v) is 4.84. The molecule has 0 amide bonds. The molecule has 1 saturated carbocycles. The van der Waals surface area contributed by atoms with Crippen molar-refractivity contribution in [1.82, 2.24) is 0 Å². The van der Waals surface area contributed by atoms with Gasteiger partial charge < -0.3 is 29.2 Å². The van der Waals surface area contributed by atoms with Gasteiger partial charge in [-0.1, -0.05) is 50.2 Å². The molecule has 150 valence electrons. The van der Waals surface area contributed by atoms with Crippen molar-refractivity contribution in [2.24, 2.45) is 5.41 Å². The van der Waals surface area contributed by atoms with Crippen LogP contribution in [0.5, 0.6) is 5.75 Å². The molecule has 2 aliphatic heterocycles. The molecule has 2 aromatic rings. The highest BCUT2D eigenvalue weighted by molar-refractivity contribution is 5.88. The third kappa shape index (κ3) is 2.15. The maximum atomic E-state index is 11.4. The van der Waals surface area contributed by atoms with Crippen LogP contribution >= 0.6 is 0 Å². The molecule has 0 bridgehead atoms. The second-order valence-electron chi connectivity index (χ2n) is 9.00. The molecular formula is C22H26O6. The fourth-order valence-electron chi connectivity index (χ4n) is 4.84. The summed E-state index contributed by atoms with van der Waals surface area (Å²) in [5, 5.41) is 24.4. The Balaban J connectivity index is 1.54. The maximum Gasteiger partial charge on any atom is 0.208 e. The molecule has 0 radical (unpaired) electrons. The number of fused-ring (bicyclic) bond motifs is 2. The summed E-state index contributed by atoms with van der Waals surface area (Å²) in [6.45, 7) is 7.52. The largest absolute Gasteiger partial charge is 0.484 e. The van der Waals surface area contributed by atoms with Crippen molar-refractivity contribution in [1.29, 1.82) is 0 Å². The minimum Gasteiger partial charge on any atom is -0.484 e. The van der Waals surface area contributed by atoms with Crippen LogP contribution < -0.4 is 4.74 Å². The normalized spacial score (nSPS) is 40.4. The highest BCUT2D eigenvalue weighted by atomic mass is 16.8. The summed E-state index contributed by atoms with van der Waals surface area (Å²) in [5.41, 5.74) is -2.40. The fraction of sp³-hybridized carbons (Fsp3) is 0.545. The van der Waals surface area contributed by atoms with Crippen LogP contribution in [0.2, 0.25) is 0 Å². The summed E-state index contributed by atoms with van der Waals surface area (Å²) in [6, 6.07) is 13.7. The molecule has 5 rings (SSSR count). The molecule has 0 unspecified atom stereocenters. The van der Waals surface area contributed by atoms with E-state index in [0.717, 1.165) is 10.8 Å². The summed E-state index contributed by atoms with van der Waals surface area (Å²) in [6.07, 6.45) is -1.92. The molecule has 6 heteroatoms.